The summed E-state index contributed by atoms with van der Waals surface area (Å²) >= 11 is 0. The Morgan fingerprint density at radius 2 is 1.88 bits per heavy atom. The van der Waals surface area contributed by atoms with Crippen LogP contribution in [0.25, 0.3) is 0 Å². The summed E-state index contributed by atoms with van der Waals surface area (Å²) in [4.78, 5) is 11.1. The third kappa shape index (κ3) is 5.08. The molecule has 0 saturated carbocycles. The Labute approximate surface area is 143 Å². The van der Waals surface area contributed by atoms with E-state index in [2.05, 4.69) is 4.74 Å². The highest BCUT2D eigenvalue weighted by Crippen LogP contribution is 2.28. The van der Waals surface area contributed by atoms with E-state index in [-0.39, 0.29) is 29.7 Å². The molecule has 0 bridgehead atoms. The third-order valence-corrected chi connectivity index (χ3v) is 5.69. The summed E-state index contributed by atoms with van der Waals surface area (Å²) in [7, 11) is -3.93. The molecule has 1 aromatic carbocycles. The SMILES string of the molecule is CC1CC(C(=O)O)CN(S(=O)(=O)c2ccc(OCC(F)(F)F)cc2)C1. The number of benzene rings is 1. The highest BCUT2D eigenvalue weighted by atomic mass is 32.2. The molecule has 1 aliphatic rings. The lowest BCUT2D eigenvalue weighted by atomic mass is 9.92. The zero-order chi connectivity index (χ0) is 18.8. The van der Waals surface area contributed by atoms with Gasteiger partial charge in [-0.15, -0.1) is 0 Å². The number of rotatable bonds is 5. The maximum absolute atomic E-state index is 12.6. The minimum atomic E-state index is -4.49. The van der Waals surface area contributed by atoms with Gasteiger partial charge in [0.2, 0.25) is 10.0 Å². The summed E-state index contributed by atoms with van der Waals surface area (Å²) in [5.74, 6) is -2.05. The topological polar surface area (TPSA) is 83.9 Å². The van der Waals surface area contributed by atoms with Crippen molar-refractivity contribution in [2.45, 2.75) is 24.4 Å². The molecule has 0 aromatic heterocycles. The van der Waals surface area contributed by atoms with Gasteiger partial charge in [0.1, 0.15) is 5.75 Å². The molecule has 1 aromatic rings. The Morgan fingerprint density at radius 1 is 1.28 bits per heavy atom. The van der Waals surface area contributed by atoms with Crippen molar-refractivity contribution in [3.63, 3.8) is 0 Å². The molecule has 0 radical (unpaired) electrons. The summed E-state index contributed by atoms with van der Waals surface area (Å²) in [6, 6.07) is 4.58. The molecule has 2 atom stereocenters. The normalized spacial score (nSPS) is 22.6. The highest BCUT2D eigenvalue weighted by Gasteiger charge is 2.36. The molecule has 1 fully saturated rings. The molecular formula is C15H18F3NO5S. The van der Waals surface area contributed by atoms with E-state index in [1.165, 1.54) is 0 Å². The van der Waals surface area contributed by atoms with Crippen LogP contribution in [0.4, 0.5) is 13.2 Å². The number of hydrogen-bond acceptors (Lipinski definition) is 4. The average molecular weight is 381 g/mol. The highest BCUT2D eigenvalue weighted by molar-refractivity contribution is 7.89. The van der Waals surface area contributed by atoms with Crippen LogP contribution in [0, 0.1) is 11.8 Å². The van der Waals surface area contributed by atoms with Crippen molar-refractivity contribution in [2.75, 3.05) is 19.7 Å². The number of carboxylic acid groups (broad SMARTS) is 1. The smallest absolute Gasteiger partial charge is 0.422 e. The lowest BCUT2D eigenvalue weighted by molar-refractivity contribution is -0.153. The zero-order valence-electron chi connectivity index (χ0n) is 13.4. The number of hydrogen-bond donors (Lipinski definition) is 1. The van der Waals surface area contributed by atoms with Crippen molar-refractivity contribution in [1.29, 1.82) is 0 Å². The van der Waals surface area contributed by atoms with E-state index < -0.39 is 34.7 Å². The molecule has 10 heteroatoms. The second kappa shape index (κ2) is 7.20. The van der Waals surface area contributed by atoms with E-state index in [9.17, 15) is 26.4 Å². The largest absolute Gasteiger partial charge is 0.484 e. The van der Waals surface area contributed by atoms with Crippen LogP contribution in [-0.4, -0.2) is 49.7 Å². The predicted molar refractivity (Wildman–Crippen MR) is 81.7 cm³/mol. The fourth-order valence-corrected chi connectivity index (χ4v) is 4.31. The molecule has 6 nitrogen and oxygen atoms in total. The standard InChI is InChI=1S/C15H18F3NO5S/c1-10-6-11(14(20)21)8-19(7-10)25(22,23)13-4-2-12(3-5-13)24-9-15(16,17)18/h2-5,10-11H,6-9H2,1H3,(H,20,21). The van der Waals surface area contributed by atoms with Crippen molar-refractivity contribution < 1.29 is 36.2 Å². The first-order valence-electron chi connectivity index (χ1n) is 7.51. The molecule has 0 amide bonds. The Hall–Kier alpha value is -1.81. The number of piperidine rings is 1. The molecule has 2 unspecified atom stereocenters. The molecule has 1 saturated heterocycles. The van der Waals surface area contributed by atoms with Gasteiger partial charge in [0.05, 0.1) is 10.8 Å². The summed E-state index contributed by atoms with van der Waals surface area (Å²) in [5.41, 5.74) is 0. The summed E-state index contributed by atoms with van der Waals surface area (Å²) in [5, 5.41) is 9.14. The average Bonchev–Trinajstić information content (AvgIpc) is 2.52. The summed E-state index contributed by atoms with van der Waals surface area (Å²) in [6.45, 7) is 0.363. The van der Waals surface area contributed by atoms with Crippen LogP contribution in [-0.2, 0) is 14.8 Å². The first kappa shape index (κ1) is 19.5. The van der Waals surface area contributed by atoms with Gasteiger partial charge < -0.3 is 9.84 Å². The first-order chi connectivity index (χ1) is 11.5. The Morgan fingerprint density at radius 3 is 2.40 bits per heavy atom. The van der Waals surface area contributed by atoms with Gasteiger partial charge in [-0.1, -0.05) is 6.92 Å². The first-order valence-corrected chi connectivity index (χ1v) is 8.95. The predicted octanol–water partition coefficient (Wildman–Crippen LogP) is 2.36. The molecule has 1 heterocycles. The second-order valence-electron chi connectivity index (χ2n) is 6.07. The molecule has 25 heavy (non-hydrogen) atoms. The number of carboxylic acids is 1. The zero-order valence-corrected chi connectivity index (χ0v) is 14.2. The Kier molecular flexibility index (Phi) is 5.62. The Bertz CT molecular complexity index is 718. The number of sulfonamides is 1. The quantitative estimate of drug-likeness (QED) is 0.847. The molecule has 0 aliphatic carbocycles. The fraction of sp³-hybridized carbons (Fsp3) is 0.533. The van der Waals surface area contributed by atoms with Crippen LogP contribution < -0.4 is 4.74 Å². The number of halogens is 3. The van der Waals surface area contributed by atoms with Gasteiger partial charge in [-0.05, 0) is 36.6 Å². The van der Waals surface area contributed by atoms with Crippen molar-refractivity contribution in [3.05, 3.63) is 24.3 Å². The molecule has 1 aliphatic heterocycles. The van der Waals surface area contributed by atoms with Crippen LogP contribution in [0.5, 0.6) is 5.75 Å². The van der Waals surface area contributed by atoms with Gasteiger partial charge in [-0.2, -0.15) is 17.5 Å². The maximum atomic E-state index is 12.6. The van der Waals surface area contributed by atoms with Crippen LogP contribution in [0.1, 0.15) is 13.3 Å². The minimum Gasteiger partial charge on any atom is -0.484 e. The number of ether oxygens (including phenoxy) is 1. The lowest BCUT2D eigenvalue weighted by Crippen LogP contribution is -2.45. The monoisotopic (exact) mass is 381 g/mol. The van der Waals surface area contributed by atoms with Gasteiger partial charge in [-0.25, -0.2) is 8.42 Å². The van der Waals surface area contributed by atoms with E-state index >= 15 is 0 Å². The summed E-state index contributed by atoms with van der Waals surface area (Å²) < 4.78 is 67.3. The molecule has 2 rings (SSSR count). The van der Waals surface area contributed by atoms with Crippen LogP contribution in [0.2, 0.25) is 0 Å². The van der Waals surface area contributed by atoms with E-state index in [0.717, 1.165) is 28.6 Å². The molecule has 0 spiro atoms. The van der Waals surface area contributed by atoms with E-state index in [4.69, 9.17) is 5.11 Å². The van der Waals surface area contributed by atoms with Crippen molar-refractivity contribution >= 4 is 16.0 Å². The number of alkyl halides is 3. The van der Waals surface area contributed by atoms with E-state index in [0.29, 0.717) is 6.42 Å². The molecule has 1 N–H and O–H groups in total. The number of aliphatic carboxylic acids is 1. The van der Waals surface area contributed by atoms with Gasteiger partial charge in [0.25, 0.3) is 0 Å². The summed E-state index contributed by atoms with van der Waals surface area (Å²) in [6.07, 6.45) is -4.09. The van der Waals surface area contributed by atoms with Gasteiger partial charge in [-0.3, -0.25) is 4.79 Å². The fourth-order valence-electron chi connectivity index (χ4n) is 2.70. The third-order valence-electron chi connectivity index (χ3n) is 3.84. The lowest BCUT2D eigenvalue weighted by Gasteiger charge is -2.33. The number of nitrogens with zero attached hydrogens (tertiary/aromatic N) is 1. The Balaban J connectivity index is 2.14. The maximum Gasteiger partial charge on any atom is 0.422 e. The van der Waals surface area contributed by atoms with Gasteiger partial charge in [0, 0.05) is 13.1 Å². The van der Waals surface area contributed by atoms with E-state index in [1.807, 2.05) is 0 Å². The van der Waals surface area contributed by atoms with E-state index in [1.54, 1.807) is 6.92 Å². The van der Waals surface area contributed by atoms with Crippen molar-refractivity contribution in [3.8, 4) is 5.75 Å². The molecule has 140 valence electrons. The van der Waals surface area contributed by atoms with Crippen LogP contribution in [0.3, 0.4) is 0 Å². The van der Waals surface area contributed by atoms with Crippen LogP contribution >= 0.6 is 0 Å². The minimum absolute atomic E-state index is 0.105. The van der Waals surface area contributed by atoms with Crippen molar-refractivity contribution in [2.24, 2.45) is 11.8 Å². The van der Waals surface area contributed by atoms with Crippen LogP contribution in [0.15, 0.2) is 29.2 Å². The van der Waals surface area contributed by atoms with Gasteiger partial charge in [0.15, 0.2) is 6.61 Å². The van der Waals surface area contributed by atoms with Crippen molar-refractivity contribution in [1.82, 2.24) is 4.31 Å². The number of carbonyl (C=O) groups is 1. The second-order valence-corrected chi connectivity index (χ2v) is 8.01. The molecular weight excluding hydrogens is 363 g/mol. The van der Waals surface area contributed by atoms with Gasteiger partial charge >= 0.3 is 12.1 Å².